The largest absolute Gasteiger partial charge is 0.507 e. The van der Waals surface area contributed by atoms with Crippen LogP contribution in [0.2, 0.25) is 0 Å². The molecule has 27 heavy (non-hydrogen) atoms. The number of carbonyl (C=O) groups excluding carboxylic acids is 1. The van der Waals surface area contributed by atoms with Crippen molar-refractivity contribution >= 4 is 23.2 Å². The van der Waals surface area contributed by atoms with E-state index in [0.717, 1.165) is 37.6 Å². The van der Waals surface area contributed by atoms with Gasteiger partial charge in [-0.25, -0.2) is 0 Å². The topological polar surface area (TPSA) is 75.6 Å². The van der Waals surface area contributed by atoms with E-state index in [1.165, 1.54) is 9.80 Å². The highest BCUT2D eigenvalue weighted by atomic mass is 32.1. The number of ketones is 1. The number of hydrogen-bond acceptors (Lipinski definition) is 5. The number of ether oxygens (including phenoxy) is 1. The molecule has 0 bridgehead atoms. The SMILES string of the molecule is O=C1/C(=C\c2cccs2)Oc2c1ccc(O)c2C[NH+]1CC[NH+](CCO)CC1. The molecule has 4 N–H and O–H groups in total. The third-order valence-corrected chi connectivity index (χ3v) is 6.11. The number of fused-ring (bicyclic) bond motifs is 1. The molecule has 2 aliphatic rings. The molecule has 0 atom stereocenters. The van der Waals surface area contributed by atoms with Crippen LogP contribution in [-0.4, -0.2) is 55.3 Å². The molecule has 4 rings (SSSR count). The van der Waals surface area contributed by atoms with Gasteiger partial charge in [0.2, 0.25) is 5.78 Å². The Kier molecular flexibility index (Phi) is 5.27. The number of phenolic OH excluding ortho intramolecular Hbond substituents is 1. The first-order valence-corrected chi connectivity index (χ1v) is 10.1. The number of allylic oxidation sites excluding steroid dienone is 1. The first-order chi connectivity index (χ1) is 13.2. The maximum Gasteiger partial charge on any atom is 0.232 e. The maximum absolute atomic E-state index is 12.7. The summed E-state index contributed by atoms with van der Waals surface area (Å²) in [4.78, 5) is 16.4. The van der Waals surface area contributed by atoms with E-state index in [2.05, 4.69) is 0 Å². The molecule has 0 aliphatic carbocycles. The number of Topliss-reactive ketones (excluding diaryl/α,β-unsaturated/α-hetero) is 1. The molecule has 1 fully saturated rings. The van der Waals surface area contributed by atoms with Crippen molar-refractivity contribution < 1.29 is 29.5 Å². The maximum atomic E-state index is 12.7. The second-order valence-corrected chi connectivity index (χ2v) is 8.02. The third kappa shape index (κ3) is 3.77. The van der Waals surface area contributed by atoms with Gasteiger partial charge >= 0.3 is 0 Å². The van der Waals surface area contributed by atoms with Crippen LogP contribution in [0.15, 0.2) is 35.4 Å². The van der Waals surface area contributed by atoms with Gasteiger partial charge in [-0.2, -0.15) is 0 Å². The lowest BCUT2D eigenvalue weighted by atomic mass is 10.0. The molecule has 7 heteroatoms. The number of aromatic hydroxyl groups is 1. The minimum absolute atomic E-state index is 0.133. The van der Waals surface area contributed by atoms with Crippen molar-refractivity contribution in [3.8, 4) is 11.5 Å². The average molecular weight is 388 g/mol. The number of aliphatic hydroxyl groups excluding tert-OH is 1. The number of piperazine rings is 1. The van der Waals surface area contributed by atoms with Crippen LogP contribution < -0.4 is 14.5 Å². The molecule has 0 saturated carbocycles. The molecule has 3 heterocycles. The number of aliphatic hydroxyl groups is 1. The van der Waals surface area contributed by atoms with Crippen LogP contribution in [0, 0.1) is 0 Å². The van der Waals surface area contributed by atoms with Crippen LogP contribution in [-0.2, 0) is 6.54 Å². The summed E-state index contributed by atoms with van der Waals surface area (Å²) >= 11 is 1.55. The monoisotopic (exact) mass is 388 g/mol. The van der Waals surface area contributed by atoms with Crippen LogP contribution in [0.4, 0.5) is 0 Å². The van der Waals surface area contributed by atoms with Crippen molar-refractivity contribution in [1.29, 1.82) is 0 Å². The number of hydrogen-bond donors (Lipinski definition) is 4. The molecule has 2 aromatic rings. The van der Waals surface area contributed by atoms with Crippen molar-refractivity contribution in [3.63, 3.8) is 0 Å². The molecule has 1 saturated heterocycles. The molecule has 1 aromatic carbocycles. The summed E-state index contributed by atoms with van der Waals surface area (Å²) in [5.74, 6) is 0.857. The summed E-state index contributed by atoms with van der Waals surface area (Å²) in [5.41, 5.74) is 1.23. The van der Waals surface area contributed by atoms with Crippen LogP contribution in [0.5, 0.6) is 11.5 Å². The molecule has 0 amide bonds. The van der Waals surface area contributed by atoms with E-state index in [1.54, 1.807) is 29.5 Å². The minimum Gasteiger partial charge on any atom is -0.507 e. The molecule has 6 nitrogen and oxygen atoms in total. The van der Waals surface area contributed by atoms with Gasteiger partial charge in [-0.1, -0.05) is 6.07 Å². The Hall–Kier alpha value is -2.19. The van der Waals surface area contributed by atoms with Crippen LogP contribution in [0.1, 0.15) is 20.8 Å². The van der Waals surface area contributed by atoms with E-state index in [4.69, 9.17) is 9.84 Å². The van der Waals surface area contributed by atoms with E-state index in [-0.39, 0.29) is 18.1 Å². The lowest BCUT2D eigenvalue weighted by Crippen LogP contribution is -3.27. The molecule has 1 aromatic heterocycles. The van der Waals surface area contributed by atoms with Crippen molar-refractivity contribution in [3.05, 3.63) is 51.4 Å². The Morgan fingerprint density at radius 1 is 1.15 bits per heavy atom. The normalized spacial score (nSPS) is 23.4. The zero-order chi connectivity index (χ0) is 18.8. The zero-order valence-corrected chi connectivity index (χ0v) is 15.8. The zero-order valence-electron chi connectivity index (χ0n) is 15.0. The summed E-state index contributed by atoms with van der Waals surface area (Å²) in [7, 11) is 0. The summed E-state index contributed by atoms with van der Waals surface area (Å²) in [6, 6.07) is 7.11. The van der Waals surface area contributed by atoms with Gasteiger partial charge in [0.05, 0.1) is 17.7 Å². The van der Waals surface area contributed by atoms with Crippen molar-refractivity contribution in [1.82, 2.24) is 0 Å². The van der Waals surface area contributed by atoms with Crippen LogP contribution >= 0.6 is 11.3 Å². The number of nitrogens with one attached hydrogen (secondary N) is 2. The highest BCUT2D eigenvalue weighted by molar-refractivity contribution is 7.10. The number of rotatable bonds is 5. The van der Waals surface area contributed by atoms with Gasteiger partial charge in [0.1, 0.15) is 45.0 Å². The number of phenols is 1. The summed E-state index contributed by atoms with van der Waals surface area (Å²) in [6.45, 7) is 5.54. The van der Waals surface area contributed by atoms with Gasteiger partial charge in [0.25, 0.3) is 0 Å². The summed E-state index contributed by atoms with van der Waals surface area (Å²) in [5, 5.41) is 21.5. The van der Waals surface area contributed by atoms with Gasteiger partial charge in [0, 0.05) is 11.0 Å². The van der Waals surface area contributed by atoms with Gasteiger partial charge < -0.3 is 24.7 Å². The molecule has 0 unspecified atom stereocenters. The van der Waals surface area contributed by atoms with Gasteiger partial charge in [-0.15, -0.1) is 11.3 Å². The molecule has 2 aliphatic heterocycles. The van der Waals surface area contributed by atoms with Crippen molar-refractivity contribution in [2.45, 2.75) is 6.54 Å². The van der Waals surface area contributed by atoms with Crippen LogP contribution in [0.3, 0.4) is 0 Å². The number of carbonyl (C=O) groups is 1. The Balaban J connectivity index is 1.54. The average Bonchev–Trinajstić information content (AvgIpc) is 3.28. The number of quaternary nitrogens is 2. The Morgan fingerprint density at radius 3 is 2.63 bits per heavy atom. The second kappa shape index (κ2) is 7.82. The highest BCUT2D eigenvalue weighted by Gasteiger charge is 2.33. The first kappa shape index (κ1) is 18.2. The minimum atomic E-state index is -0.133. The fourth-order valence-electron chi connectivity index (χ4n) is 3.76. The fourth-order valence-corrected chi connectivity index (χ4v) is 4.41. The smallest absolute Gasteiger partial charge is 0.232 e. The summed E-state index contributed by atoms with van der Waals surface area (Å²) in [6.07, 6.45) is 1.76. The van der Waals surface area contributed by atoms with Crippen LogP contribution in [0.25, 0.3) is 6.08 Å². The predicted octanol–water partition coefficient (Wildman–Crippen LogP) is -0.654. The van der Waals surface area contributed by atoms with Crippen molar-refractivity contribution in [2.24, 2.45) is 0 Å². The Labute approximate surface area is 161 Å². The van der Waals surface area contributed by atoms with E-state index in [1.807, 2.05) is 17.5 Å². The van der Waals surface area contributed by atoms with Gasteiger partial charge in [0.15, 0.2) is 11.5 Å². The van der Waals surface area contributed by atoms with E-state index < -0.39 is 0 Å². The van der Waals surface area contributed by atoms with E-state index in [9.17, 15) is 9.90 Å². The van der Waals surface area contributed by atoms with Crippen molar-refractivity contribution in [2.75, 3.05) is 39.3 Å². The Bertz CT molecular complexity index is 855. The second-order valence-electron chi connectivity index (χ2n) is 7.05. The van der Waals surface area contributed by atoms with E-state index >= 15 is 0 Å². The molecule has 0 spiro atoms. The number of thiophene rings is 1. The van der Waals surface area contributed by atoms with Gasteiger partial charge in [-0.3, -0.25) is 4.79 Å². The standard InChI is InChI=1S/C20H22N2O4S/c23-10-9-21-5-7-22(8-6-21)13-16-17(24)4-3-15-19(25)18(26-20(15)16)12-14-2-1-11-27-14/h1-4,11-12,23-24H,5-10,13H2/p+2/b18-12+. The molecular weight excluding hydrogens is 364 g/mol. The summed E-state index contributed by atoms with van der Waals surface area (Å²) < 4.78 is 5.91. The lowest BCUT2D eigenvalue weighted by molar-refractivity contribution is -1.02. The lowest BCUT2D eigenvalue weighted by Gasteiger charge is -2.29. The third-order valence-electron chi connectivity index (χ3n) is 5.29. The number of benzene rings is 1. The Morgan fingerprint density at radius 2 is 1.93 bits per heavy atom. The fraction of sp³-hybridized carbons (Fsp3) is 0.350. The highest BCUT2D eigenvalue weighted by Crippen LogP contribution is 2.39. The molecule has 142 valence electrons. The van der Waals surface area contributed by atoms with E-state index in [0.29, 0.717) is 29.2 Å². The quantitative estimate of drug-likeness (QED) is 0.514. The van der Waals surface area contributed by atoms with Gasteiger partial charge in [-0.05, 0) is 23.6 Å². The first-order valence-electron chi connectivity index (χ1n) is 9.26. The molecule has 0 radical (unpaired) electrons. The predicted molar refractivity (Wildman–Crippen MR) is 102 cm³/mol. The molecular formula is C20H24N2O4S+2.